The first-order chi connectivity index (χ1) is 9.85. The molecular formula is C17H17N3. The zero-order chi connectivity index (χ0) is 13.5. The number of aryl methyl sites for hydroxylation is 1. The van der Waals surface area contributed by atoms with Gasteiger partial charge in [-0.05, 0) is 43.0 Å². The minimum atomic E-state index is 0.660. The first kappa shape index (κ1) is 11.6. The molecule has 0 radical (unpaired) electrons. The normalized spacial score (nSPS) is 14.8. The van der Waals surface area contributed by atoms with Gasteiger partial charge in [-0.3, -0.25) is 0 Å². The standard InChI is InChI=1S/C17H17N3/c1-2-11-3-6-16-13(9-11)14(10-19-16)17-18-8-7-15(20-17)12-4-5-12/h3,6-10,12,19H,2,4-5H2,1H3. The lowest BCUT2D eigenvalue weighted by atomic mass is 10.1. The van der Waals surface area contributed by atoms with Crippen molar-refractivity contribution in [2.45, 2.75) is 32.1 Å². The van der Waals surface area contributed by atoms with Gasteiger partial charge in [-0.25, -0.2) is 9.97 Å². The topological polar surface area (TPSA) is 41.6 Å². The second kappa shape index (κ2) is 4.44. The minimum absolute atomic E-state index is 0.660. The number of fused-ring (bicyclic) bond motifs is 1. The predicted octanol–water partition coefficient (Wildman–Crippen LogP) is 4.06. The molecule has 20 heavy (non-hydrogen) atoms. The number of benzene rings is 1. The summed E-state index contributed by atoms with van der Waals surface area (Å²) in [5.41, 5.74) is 4.79. The Hall–Kier alpha value is -2.16. The molecule has 3 nitrogen and oxygen atoms in total. The van der Waals surface area contributed by atoms with Gasteiger partial charge in [-0.2, -0.15) is 0 Å². The molecule has 100 valence electrons. The summed E-state index contributed by atoms with van der Waals surface area (Å²) >= 11 is 0. The van der Waals surface area contributed by atoms with Crippen molar-refractivity contribution in [2.24, 2.45) is 0 Å². The van der Waals surface area contributed by atoms with Crippen LogP contribution in [0.1, 0.15) is 36.9 Å². The highest BCUT2D eigenvalue weighted by atomic mass is 14.9. The van der Waals surface area contributed by atoms with Crippen LogP contribution >= 0.6 is 0 Å². The van der Waals surface area contributed by atoms with E-state index in [-0.39, 0.29) is 0 Å². The Kier molecular flexibility index (Phi) is 2.59. The van der Waals surface area contributed by atoms with E-state index < -0.39 is 0 Å². The maximum absolute atomic E-state index is 4.75. The second-order valence-corrected chi connectivity index (χ2v) is 5.52. The molecule has 2 aromatic heterocycles. The van der Waals surface area contributed by atoms with Crippen molar-refractivity contribution in [3.63, 3.8) is 0 Å². The average molecular weight is 263 g/mol. The third-order valence-corrected chi connectivity index (χ3v) is 4.07. The van der Waals surface area contributed by atoms with E-state index in [1.54, 1.807) is 0 Å². The zero-order valence-electron chi connectivity index (χ0n) is 11.6. The molecule has 1 aromatic carbocycles. The van der Waals surface area contributed by atoms with E-state index >= 15 is 0 Å². The van der Waals surface area contributed by atoms with Crippen LogP contribution in [-0.4, -0.2) is 15.0 Å². The first-order valence-electron chi connectivity index (χ1n) is 7.28. The third kappa shape index (κ3) is 1.90. The Morgan fingerprint density at radius 2 is 2.15 bits per heavy atom. The molecule has 0 atom stereocenters. The molecule has 1 fully saturated rings. The lowest BCUT2D eigenvalue weighted by molar-refractivity contribution is 0.995. The summed E-state index contributed by atoms with van der Waals surface area (Å²) < 4.78 is 0. The van der Waals surface area contributed by atoms with Gasteiger partial charge in [0, 0.05) is 40.5 Å². The van der Waals surface area contributed by atoms with E-state index in [1.165, 1.54) is 29.5 Å². The molecule has 1 saturated carbocycles. The predicted molar refractivity (Wildman–Crippen MR) is 80.7 cm³/mol. The Labute approximate surface area is 118 Å². The van der Waals surface area contributed by atoms with E-state index in [4.69, 9.17) is 4.98 Å². The third-order valence-electron chi connectivity index (χ3n) is 4.07. The van der Waals surface area contributed by atoms with Gasteiger partial charge in [0.2, 0.25) is 0 Å². The van der Waals surface area contributed by atoms with Gasteiger partial charge in [-0.1, -0.05) is 13.0 Å². The Bertz CT molecular complexity index is 769. The van der Waals surface area contributed by atoms with Crippen LogP contribution < -0.4 is 0 Å². The molecule has 3 aromatic rings. The number of nitrogens with zero attached hydrogens (tertiary/aromatic N) is 2. The van der Waals surface area contributed by atoms with Gasteiger partial charge >= 0.3 is 0 Å². The van der Waals surface area contributed by atoms with Crippen molar-refractivity contribution in [1.29, 1.82) is 0 Å². The summed E-state index contributed by atoms with van der Waals surface area (Å²) in [6, 6.07) is 8.61. The van der Waals surface area contributed by atoms with Gasteiger partial charge in [0.1, 0.15) is 0 Å². The average Bonchev–Trinajstić information content (AvgIpc) is 3.27. The Morgan fingerprint density at radius 1 is 1.25 bits per heavy atom. The highest BCUT2D eigenvalue weighted by Gasteiger charge is 2.25. The van der Waals surface area contributed by atoms with Gasteiger partial charge in [-0.15, -0.1) is 0 Å². The van der Waals surface area contributed by atoms with E-state index in [9.17, 15) is 0 Å². The van der Waals surface area contributed by atoms with E-state index in [2.05, 4.69) is 35.1 Å². The molecule has 0 amide bonds. The Morgan fingerprint density at radius 3 is 2.95 bits per heavy atom. The van der Waals surface area contributed by atoms with Gasteiger partial charge < -0.3 is 4.98 Å². The van der Waals surface area contributed by atoms with E-state index in [0.29, 0.717) is 5.92 Å². The first-order valence-corrected chi connectivity index (χ1v) is 7.28. The number of aromatic nitrogens is 3. The number of H-pyrrole nitrogens is 1. The van der Waals surface area contributed by atoms with E-state index in [0.717, 1.165) is 23.3 Å². The van der Waals surface area contributed by atoms with Crippen LogP contribution in [0.25, 0.3) is 22.3 Å². The van der Waals surface area contributed by atoms with Crippen molar-refractivity contribution >= 4 is 10.9 Å². The van der Waals surface area contributed by atoms with Crippen molar-refractivity contribution in [2.75, 3.05) is 0 Å². The molecule has 1 aliphatic rings. The molecular weight excluding hydrogens is 246 g/mol. The van der Waals surface area contributed by atoms with Crippen LogP contribution in [0.3, 0.4) is 0 Å². The van der Waals surface area contributed by atoms with Crippen molar-refractivity contribution in [1.82, 2.24) is 15.0 Å². The van der Waals surface area contributed by atoms with Crippen LogP contribution in [0.4, 0.5) is 0 Å². The van der Waals surface area contributed by atoms with Crippen LogP contribution in [0.2, 0.25) is 0 Å². The lowest BCUT2D eigenvalue weighted by Crippen LogP contribution is -1.92. The molecule has 3 heteroatoms. The van der Waals surface area contributed by atoms with Gasteiger partial charge in [0.15, 0.2) is 5.82 Å². The number of nitrogens with one attached hydrogen (secondary N) is 1. The maximum Gasteiger partial charge on any atom is 0.161 e. The molecule has 0 bridgehead atoms. The largest absolute Gasteiger partial charge is 0.360 e. The van der Waals surface area contributed by atoms with Crippen LogP contribution in [0, 0.1) is 0 Å². The molecule has 0 spiro atoms. The minimum Gasteiger partial charge on any atom is -0.360 e. The van der Waals surface area contributed by atoms with Crippen molar-refractivity contribution in [3.8, 4) is 11.4 Å². The monoisotopic (exact) mass is 263 g/mol. The fraction of sp³-hybridized carbons (Fsp3) is 0.294. The molecule has 1 aliphatic carbocycles. The summed E-state index contributed by atoms with van der Waals surface area (Å²) in [5, 5.41) is 1.22. The van der Waals surface area contributed by atoms with Crippen LogP contribution in [0.5, 0.6) is 0 Å². The van der Waals surface area contributed by atoms with Crippen LogP contribution in [-0.2, 0) is 6.42 Å². The molecule has 0 aliphatic heterocycles. The zero-order valence-corrected chi connectivity index (χ0v) is 11.6. The second-order valence-electron chi connectivity index (χ2n) is 5.52. The van der Waals surface area contributed by atoms with Gasteiger partial charge in [0.25, 0.3) is 0 Å². The highest BCUT2D eigenvalue weighted by molar-refractivity contribution is 5.94. The van der Waals surface area contributed by atoms with Gasteiger partial charge in [0.05, 0.1) is 0 Å². The van der Waals surface area contributed by atoms with E-state index in [1.807, 2.05) is 18.5 Å². The molecule has 1 N–H and O–H groups in total. The summed E-state index contributed by atoms with van der Waals surface area (Å²) in [5.74, 6) is 1.50. The highest BCUT2D eigenvalue weighted by Crippen LogP contribution is 2.39. The summed E-state index contributed by atoms with van der Waals surface area (Å²) in [6.07, 6.45) is 7.49. The lowest BCUT2D eigenvalue weighted by Gasteiger charge is -2.02. The fourth-order valence-corrected chi connectivity index (χ4v) is 2.68. The molecule has 2 heterocycles. The summed E-state index contributed by atoms with van der Waals surface area (Å²) in [4.78, 5) is 12.5. The fourth-order valence-electron chi connectivity index (χ4n) is 2.68. The maximum atomic E-state index is 4.75. The Balaban J connectivity index is 1.86. The molecule has 4 rings (SSSR count). The summed E-state index contributed by atoms with van der Waals surface area (Å²) in [7, 11) is 0. The van der Waals surface area contributed by atoms with Crippen LogP contribution in [0.15, 0.2) is 36.7 Å². The number of hydrogen-bond acceptors (Lipinski definition) is 2. The van der Waals surface area contributed by atoms with Crippen molar-refractivity contribution < 1.29 is 0 Å². The number of aromatic amines is 1. The number of hydrogen-bond donors (Lipinski definition) is 1. The SMILES string of the molecule is CCc1ccc2[nH]cc(-c3nccc(C4CC4)n3)c2c1. The molecule has 0 saturated heterocycles. The smallest absolute Gasteiger partial charge is 0.161 e. The quantitative estimate of drug-likeness (QED) is 0.774. The summed E-state index contributed by atoms with van der Waals surface area (Å²) in [6.45, 7) is 2.18. The molecule has 0 unspecified atom stereocenters. The number of rotatable bonds is 3. The van der Waals surface area contributed by atoms with Crippen molar-refractivity contribution in [3.05, 3.63) is 47.9 Å².